The second-order valence-electron chi connectivity index (χ2n) is 5.01. The van der Waals surface area contributed by atoms with Crippen LogP contribution in [0.5, 0.6) is 0 Å². The molecule has 0 aromatic carbocycles. The molecule has 2 aliphatic rings. The lowest BCUT2D eigenvalue weighted by Gasteiger charge is -2.16. The standard InChI is InChI=1S/C13H24O5/c1-2-11(18-13-9-17-13)5-3-4-10(14)6-15-7-12-8-16-12/h10-14H,2-9H2,1H3. The van der Waals surface area contributed by atoms with Crippen LogP contribution in [0.15, 0.2) is 0 Å². The molecule has 4 unspecified atom stereocenters. The quantitative estimate of drug-likeness (QED) is 0.563. The van der Waals surface area contributed by atoms with E-state index in [-0.39, 0.29) is 24.6 Å². The lowest BCUT2D eigenvalue weighted by Crippen LogP contribution is -2.19. The molecule has 5 heteroatoms. The van der Waals surface area contributed by atoms with Crippen LogP contribution in [-0.4, -0.2) is 56.1 Å². The maximum Gasteiger partial charge on any atom is 0.181 e. The molecule has 0 aliphatic carbocycles. The Morgan fingerprint density at radius 1 is 1.28 bits per heavy atom. The molecule has 0 aromatic heterocycles. The molecular formula is C13H24O5. The molecule has 106 valence electrons. The van der Waals surface area contributed by atoms with Gasteiger partial charge in [-0.05, 0) is 25.7 Å². The van der Waals surface area contributed by atoms with Crippen LogP contribution in [0.3, 0.4) is 0 Å². The second-order valence-corrected chi connectivity index (χ2v) is 5.01. The van der Waals surface area contributed by atoms with Gasteiger partial charge in [0.25, 0.3) is 0 Å². The largest absolute Gasteiger partial charge is 0.391 e. The highest BCUT2D eigenvalue weighted by Gasteiger charge is 2.26. The fraction of sp³-hybridized carbons (Fsp3) is 1.00. The van der Waals surface area contributed by atoms with Gasteiger partial charge in [0.15, 0.2) is 6.29 Å². The van der Waals surface area contributed by atoms with E-state index in [1.54, 1.807) is 0 Å². The summed E-state index contributed by atoms with van der Waals surface area (Å²) in [5.41, 5.74) is 0. The number of hydrogen-bond donors (Lipinski definition) is 1. The zero-order chi connectivity index (χ0) is 12.8. The van der Waals surface area contributed by atoms with Crippen molar-refractivity contribution in [2.75, 3.05) is 26.4 Å². The molecule has 0 saturated carbocycles. The van der Waals surface area contributed by atoms with Gasteiger partial charge < -0.3 is 24.1 Å². The van der Waals surface area contributed by atoms with E-state index in [1.807, 2.05) is 0 Å². The number of rotatable bonds is 11. The van der Waals surface area contributed by atoms with E-state index in [9.17, 15) is 5.11 Å². The Bertz CT molecular complexity index is 227. The minimum Gasteiger partial charge on any atom is -0.391 e. The first-order chi connectivity index (χ1) is 8.78. The van der Waals surface area contributed by atoms with Crippen molar-refractivity contribution in [3.05, 3.63) is 0 Å². The maximum absolute atomic E-state index is 9.73. The monoisotopic (exact) mass is 260 g/mol. The lowest BCUT2D eigenvalue weighted by atomic mass is 10.1. The maximum atomic E-state index is 9.73. The number of aliphatic hydroxyl groups is 1. The van der Waals surface area contributed by atoms with Crippen molar-refractivity contribution >= 4 is 0 Å². The minimum absolute atomic E-state index is 0.0294. The minimum atomic E-state index is -0.376. The highest BCUT2D eigenvalue weighted by atomic mass is 16.8. The molecule has 18 heavy (non-hydrogen) atoms. The van der Waals surface area contributed by atoms with Crippen molar-refractivity contribution in [3.63, 3.8) is 0 Å². The second kappa shape index (κ2) is 7.40. The van der Waals surface area contributed by atoms with E-state index in [2.05, 4.69) is 6.92 Å². The van der Waals surface area contributed by atoms with Gasteiger partial charge >= 0.3 is 0 Å². The summed E-state index contributed by atoms with van der Waals surface area (Å²) in [7, 11) is 0. The summed E-state index contributed by atoms with van der Waals surface area (Å²) in [6.07, 6.45) is 3.86. The van der Waals surface area contributed by atoms with Crippen LogP contribution in [0.2, 0.25) is 0 Å². The Balaban J connectivity index is 1.44. The molecule has 5 nitrogen and oxygen atoms in total. The predicted octanol–water partition coefficient (Wildman–Crippen LogP) is 1.08. The highest BCUT2D eigenvalue weighted by Crippen LogP contribution is 2.19. The van der Waals surface area contributed by atoms with E-state index in [1.165, 1.54) is 0 Å². The summed E-state index contributed by atoms with van der Waals surface area (Å²) in [5, 5.41) is 9.73. The molecule has 0 spiro atoms. The molecule has 2 fully saturated rings. The summed E-state index contributed by atoms with van der Waals surface area (Å²) in [5.74, 6) is 0. The Kier molecular flexibility index (Phi) is 5.85. The highest BCUT2D eigenvalue weighted by molar-refractivity contribution is 4.68. The van der Waals surface area contributed by atoms with Crippen molar-refractivity contribution in [3.8, 4) is 0 Å². The van der Waals surface area contributed by atoms with E-state index >= 15 is 0 Å². The normalized spacial score (nSPS) is 29.0. The van der Waals surface area contributed by atoms with Gasteiger partial charge in [0.05, 0.1) is 32.0 Å². The van der Waals surface area contributed by atoms with Gasteiger partial charge in [0.1, 0.15) is 12.7 Å². The van der Waals surface area contributed by atoms with Crippen molar-refractivity contribution in [2.45, 2.75) is 57.2 Å². The Labute approximate surface area is 108 Å². The van der Waals surface area contributed by atoms with E-state index < -0.39 is 0 Å². The zero-order valence-electron chi connectivity index (χ0n) is 11.0. The molecule has 0 aromatic rings. The van der Waals surface area contributed by atoms with Gasteiger partial charge in [0, 0.05) is 0 Å². The van der Waals surface area contributed by atoms with Gasteiger partial charge in [0.2, 0.25) is 0 Å². The van der Waals surface area contributed by atoms with Crippen molar-refractivity contribution in [1.29, 1.82) is 0 Å². The van der Waals surface area contributed by atoms with Gasteiger partial charge in [-0.2, -0.15) is 0 Å². The van der Waals surface area contributed by atoms with E-state index in [0.717, 1.165) is 38.9 Å². The summed E-state index contributed by atoms with van der Waals surface area (Å²) in [6.45, 7) is 4.66. The molecule has 2 heterocycles. The van der Waals surface area contributed by atoms with Crippen LogP contribution in [0, 0.1) is 0 Å². The number of hydrogen-bond acceptors (Lipinski definition) is 5. The molecular weight excluding hydrogens is 236 g/mol. The van der Waals surface area contributed by atoms with Crippen molar-refractivity contribution < 1.29 is 24.1 Å². The van der Waals surface area contributed by atoms with Crippen molar-refractivity contribution in [2.24, 2.45) is 0 Å². The van der Waals surface area contributed by atoms with Crippen LogP contribution in [0.4, 0.5) is 0 Å². The SMILES string of the molecule is CCC(CCCC(O)COCC1CO1)OC1CO1. The topological polar surface area (TPSA) is 63.8 Å². The Morgan fingerprint density at radius 3 is 2.67 bits per heavy atom. The average molecular weight is 260 g/mol. The molecule has 2 aliphatic heterocycles. The van der Waals surface area contributed by atoms with Gasteiger partial charge in [-0.3, -0.25) is 0 Å². The molecule has 0 amide bonds. The van der Waals surface area contributed by atoms with Crippen LogP contribution in [-0.2, 0) is 18.9 Å². The average Bonchev–Trinajstić information content (AvgIpc) is 3.22. The molecule has 2 rings (SSSR count). The predicted molar refractivity (Wildman–Crippen MR) is 65.3 cm³/mol. The Morgan fingerprint density at radius 2 is 2.06 bits per heavy atom. The number of aliphatic hydroxyl groups excluding tert-OH is 1. The number of ether oxygens (including phenoxy) is 4. The van der Waals surface area contributed by atoms with Gasteiger partial charge in [-0.25, -0.2) is 0 Å². The summed E-state index contributed by atoms with van der Waals surface area (Å²) < 4.78 is 21.1. The summed E-state index contributed by atoms with van der Waals surface area (Å²) in [4.78, 5) is 0. The third kappa shape index (κ3) is 6.11. The summed E-state index contributed by atoms with van der Waals surface area (Å²) >= 11 is 0. The smallest absolute Gasteiger partial charge is 0.181 e. The van der Waals surface area contributed by atoms with Crippen LogP contribution in [0.1, 0.15) is 32.6 Å². The molecule has 4 atom stereocenters. The van der Waals surface area contributed by atoms with Crippen LogP contribution >= 0.6 is 0 Å². The fourth-order valence-corrected chi connectivity index (χ4v) is 1.87. The fourth-order valence-electron chi connectivity index (χ4n) is 1.87. The summed E-state index contributed by atoms with van der Waals surface area (Å²) in [6, 6.07) is 0. The zero-order valence-corrected chi connectivity index (χ0v) is 11.0. The van der Waals surface area contributed by atoms with Gasteiger partial charge in [-0.1, -0.05) is 6.92 Å². The van der Waals surface area contributed by atoms with E-state index in [4.69, 9.17) is 18.9 Å². The van der Waals surface area contributed by atoms with Crippen molar-refractivity contribution in [1.82, 2.24) is 0 Å². The first-order valence-electron chi connectivity index (χ1n) is 6.92. The van der Waals surface area contributed by atoms with E-state index in [0.29, 0.717) is 13.2 Å². The first kappa shape index (κ1) is 14.2. The first-order valence-corrected chi connectivity index (χ1v) is 6.92. The number of epoxide rings is 2. The molecule has 2 saturated heterocycles. The van der Waals surface area contributed by atoms with Crippen LogP contribution < -0.4 is 0 Å². The lowest BCUT2D eigenvalue weighted by molar-refractivity contribution is -0.0212. The van der Waals surface area contributed by atoms with Crippen LogP contribution in [0.25, 0.3) is 0 Å². The van der Waals surface area contributed by atoms with Gasteiger partial charge in [-0.15, -0.1) is 0 Å². The molecule has 0 bridgehead atoms. The third-order valence-corrected chi connectivity index (χ3v) is 3.18. The third-order valence-electron chi connectivity index (χ3n) is 3.18. The Hall–Kier alpha value is -0.200. The molecule has 0 radical (unpaired) electrons. The molecule has 1 N–H and O–H groups in total.